The van der Waals surface area contributed by atoms with E-state index in [1.807, 2.05) is 0 Å². The molecule has 0 amide bonds. The summed E-state index contributed by atoms with van der Waals surface area (Å²) in [5.41, 5.74) is 8.28. The Bertz CT molecular complexity index is 2570. The lowest BCUT2D eigenvalue weighted by atomic mass is 9.87. The number of nitrogens with zero attached hydrogens (tertiary/aromatic N) is 1. The van der Waals surface area contributed by atoms with E-state index in [0.717, 1.165) is 11.4 Å². The highest BCUT2D eigenvalue weighted by Gasteiger charge is 2.25. The molecule has 0 saturated heterocycles. The molecule has 220 valence electrons. The molecule has 0 radical (unpaired) electrons. The Morgan fingerprint density at radius 2 is 0.830 bits per heavy atom. The third-order valence-electron chi connectivity index (χ3n) is 9.41. The van der Waals surface area contributed by atoms with Crippen LogP contribution in [0.2, 0.25) is 0 Å². The molecule has 0 unspecified atom stereocenters. The Kier molecular flexibility index (Phi) is 6.54. The van der Waals surface area contributed by atoms with Crippen LogP contribution in [-0.4, -0.2) is 0 Å². The van der Waals surface area contributed by atoms with Gasteiger partial charge in [0, 0.05) is 22.0 Å². The Morgan fingerprint density at radius 1 is 0.319 bits per heavy atom. The van der Waals surface area contributed by atoms with Crippen LogP contribution in [0.5, 0.6) is 0 Å². The maximum Gasteiger partial charge on any atom is 0.0625 e. The average Bonchev–Trinajstić information content (AvgIpc) is 3.15. The van der Waals surface area contributed by atoms with E-state index in [4.69, 9.17) is 0 Å². The van der Waals surface area contributed by atoms with E-state index >= 15 is 0 Å². The van der Waals surface area contributed by atoms with Gasteiger partial charge in [-0.2, -0.15) is 0 Å². The van der Waals surface area contributed by atoms with Crippen molar-refractivity contribution in [2.75, 3.05) is 4.90 Å². The van der Waals surface area contributed by atoms with Gasteiger partial charge in [0.2, 0.25) is 0 Å². The van der Waals surface area contributed by atoms with E-state index in [0.29, 0.717) is 0 Å². The lowest BCUT2D eigenvalue weighted by Crippen LogP contribution is -2.13. The van der Waals surface area contributed by atoms with E-state index in [1.54, 1.807) is 0 Å². The predicted molar refractivity (Wildman–Crippen MR) is 202 cm³/mol. The number of hydrogen-bond donors (Lipinski definition) is 0. The van der Waals surface area contributed by atoms with E-state index in [-0.39, 0.29) is 0 Å². The zero-order valence-corrected chi connectivity index (χ0v) is 25.8. The summed E-state index contributed by atoms with van der Waals surface area (Å²) in [5, 5.41) is 9.85. The Labute approximate surface area is 274 Å². The summed E-state index contributed by atoms with van der Waals surface area (Å²) in [5.74, 6) is 0. The number of hydrogen-bond acceptors (Lipinski definition) is 1. The van der Waals surface area contributed by atoms with E-state index in [9.17, 15) is 0 Å². The Hall–Kier alpha value is -6.18. The van der Waals surface area contributed by atoms with Crippen molar-refractivity contribution < 1.29 is 0 Å². The summed E-state index contributed by atoms with van der Waals surface area (Å²) in [6.07, 6.45) is 0. The molecule has 0 aromatic heterocycles. The van der Waals surface area contributed by atoms with Gasteiger partial charge < -0.3 is 4.90 Å². The summed E-state index contributed by atoms with van der Waals surface area (Å²) < 4.78 is 0. The van der Waals surface area contributed by atoms with E-state index in [1.165, 1.54) is 71.0 Å². The molecule has 9 aromatic carbocycles. The lowest BCUT2D eigenvalue weighted by Gasteiger charge is -2.32. The van der Waals surface area contributed by atoms with Crippen LogP contribution in [-0.2, 0) is 0 Å². The summed E-state index contributed by atoms with van der Waals surface area (Å²) in [4.78, 5) is 2.51. The van der Waals surface area contributed by atoms with Crippen LogP contribution >= 0.6 is 0 Å². The van der Waals surface area contributed by atoms with Crippen molar-refractivity contribution in [1.29, 1.82) is 0 Å². The largest absolute Gasteiger partial charge is 0.309 e. The van der Waals surface area contributed by atoms with Crippen LogP contribution in [0.1, 0.15) is 0 Å². The molecule has 0 N–H and O–H groups in total. The topological polar surface area (TPSA) is 3.24 Å². The molecule has 9 rings (SSSR count). The molecule has 1 heteroatoms. The highest BCUT2D eigenvalue weighted by Crippen LogP contribution is 2.51. The van der Waals surface area contributed by atoms with Crippen molar-refractivity contribution in [1.82, 2.24) is 0 Å². The van der Waals surface area contributed by atoms with Gasteiger partial charge in [0.25, 0.3) is 0 Å². The predicted octanol–water partition coefficient (Wildman–Crippen LogP) is 13.1. The molecule has 9 aromatic rings. The van der Waals surface area contributed by atoms with Gasteiger partial charge >= 0.3 is 0 Å². The second-order valence-corrected chi connectivity index (χ2v) is 12.1. The summed E-state index contributed by atoms with van der Waals surface area (Å²) in [6.45, 7) is 0. The third-order valence-corrected chi connectivity index (χ3v) is 9.41. The molecule has 1 nitrogen and oxygen atoms in total. The fourth-order valence-electron chi connectivity index (χ4n) is 7.32. The monoisotopic (exact) mass is 597 g/mol. The molecule has 47 heavy (non-hydrogen) atoms. The molecule has 0 bridgehead atoms. The van der Waals surface area contributed by atoms with Crippen molar-refractivity contribution in [3.63, 3.8) is 0 Å². The molecular weight excluding hydrogens is 567 g/mol. The number of fused-ring (bicyclic) bond motifs is 5. The van der Waals surface area contributed by atoms with Crippen molar-refractivity contribution in [3.05, 3.63) is 188 Å². The van der Waals surface area contributed by atoms with Crippen molar-refractivity contribution in [2.45, 2.75) is 0 Å². The fourth-order valence-corrected chi connectivity index (χ4v) is 7.32. The first-order chi connectivity index (χ1) is 23.3. The molecular formula is C46H31N. The SMILES string of the molecule is c1ccc(-c2cccc(N(c3cccc4ccccc34)c3c(-c4cccc5ccccc45)c4ccccc4c4ccccc34)c2)cc1. The van der Waals surface area contributed by atoms with Crippen LogP contribution in [0, 0.1) is 0 Å². The summed E-state index contributed by atoms with van der Waals surface area (Å²) in [7, 11) is 0. The van der Waals surface area contributed by atoms with Crippen LogP contribution < -0.4 is 4.90 Å². The van der Waals surface area contributed by atoms with Gasteiger partial charge in [0.15, 0.2) is 0 Å². The van der Waals surface area contributed by atoms with E-state index < -0.39 is 0 Å². The van der Waals surface area contributed by atoms with E-state index in [2.05, 4.69) is 193 Å². The van der Waals surface area contributed by atoms with Gasteiger partial charge in [-0.3, -0.25) is 0 Å². The second-order valence-electron chi connectivity index (χ2n) is 12.1. The minimum atomic E-state index is 1.12. The smallest absolute Gasteiger partial charge is 0.0625 e. The van der Waals surface area contributed by atoms with Gasteiger partial charge in [-0.25, -0.2) is 0 Å². The van der Waals surface area contributed by atoms with Gasteiger partial charge in [-0.15, -0.1) is 0 Å². The van der Waals surface area contributed by atoms with Gasteiger partial charge in [0.05, 0.1) is 11.4 Å². The molecule has 0 saturated carbocycles. The van der Waals surface area contributed by atoms with Crippen LogP contribution in [0.4, 0.5) is 17.1 Å². The summed E-state index contributed by atoms with van der Waals surface area (Å²) >= 11 is 0. The number of anilines is 3. The first kappa shape index (κ1) is 27.2. The van der Waals surface area contributed by atoms with Crippen molar-refractivity contribution in [2.24, 2.45) is 0 Å². The normalized spacial score (nSPS) is 11.4. The highest BCUT2D eigenvalue weighted by molar-refractivity contribution is 6.25. The third kappa shape index (κ3) is 4.56. The first-order valence-electron chi connectivity index (χ1n) is 16.2. The maximum absolute atomic E-state index is 2.51. The van der Waals surface area contributed by atoms with Crippen molar-refractivity contribution >= 4 is 60.2 Å². The quantitative estimate of drug-likeness (QED) is 0.178. The average molecular weight is 598 g/mol. The molecule has 0 aliphatic rings. The summed E-state index contributed by atoms with van der Waals surface area (Å²) in [6, 6.07) is 68.4. The molecule has 0 heterocycles. The zero-order chi connectivity index (χ0) is 31.2. The number of benzene rings is 9. The van der Waals surface area contributed by atoms with Gasteiger partial charge in [-0.05, 0) is 67.2 Å². The second kappa shape index (κ2) is 11.3. The first-order valence-corrected chi connectivity index (χ1v) is 16.2. The Morgan fingerprint density at radius 3 is 1.60 bits per heavy atom. The molecule has 0 aliphatic heterocycles. The van der Waals surface area contributed by atoms with Crippen LogP contribution in [0.15, 0.2) is 188 Å². The fraction of sp³-hybridized carbons (Fsp3) is 0. The zero-order valence-electron chi connectivity index (χ0n) is 25.8. The number of rotatable bonds is 5. The van der Waals surface area contributed by atoms with Crippen molar-refractivity contribution in [3.8, 4) is 22.3 Å². The Balaban J connectivity index is 1.48. The minimum absolute atomic E-state index is 1.12. The molecule has 0 aliphatic carbocycles. The molecule has 0 spiro atoms. The van der Waals surface area contributed by atoms with Crippen LogP contribution in [0.25, 0.3) is 65.3 Å². The maximum atomic E-state index is 2.51. The molecule has 0 fully saturated rings. The standard InChI is InChI=1S/C46H31N/c1-2-15-32(16-3-1)35-21-12-22-36(31-35)47(44-30-14-20-34-18-5-7-24-38(34)44)46-43-28-11-9-26-40(43)39-25-8-10-27-42(39)45(46)41-29-13-19-33-17-4-6-23-37(33)41/h1-31H. The van der Waals surface area contributed by atoms with Gasteiger partial charge in [-0.1, -0.05) is 170 Å². The molecule has 0 atom stereocenters. The highest BCUT2D eigenvalue weighted by atomic mass is 15.1. The van der Waals surface area contributed by atoms with Crippen LogP contribution in [0.3, 0.4) is 0 Å². The minimum Gasteiger partial charge on any atom is -0.309 e. The lowest BCUT2D eigenvalue weighted by molar-refractivity contribution is 1.32. The van der Waals surface area contributed by atoms with Gasteiger partial charge in [0.1, 0.15) is 0 Å².